The Labute approximate surface area is 233 Å². The molecule has 4 heterocycles. The van der Waals surface area contributed by atoms with Crippen LogP contribution in [0.4, 0.5) is 4.79 Å². The number of carbonyl (C=O) groups is 2. The van der Waals surface area contributed by atoms with Crippen molar-refractivity contribution in [2.24, 2.45) is 5.92 Å². The molecule has 8 heteroatoms. The molecule has 0 radical (unpaired) electrons. The number of hydrogen-bond donors (Lipinski definition) is 0. The predicted molar refractivity (Wildman–Crippen MR) is 150 cm³/mol. The average molecular weight is 542 g/mol. The zero-order valence-corrected chi connectivity index (χ0v) is 24.2. The van der Waals surface area contributed by atoms with Gasteiger partial charge in [0, 0.05) is 57.7 Å². The number of amides is 2. The molecule has 3 saturated heterocycles. The number of piperidine rings is 2. The minimum absolute atomic E-state index is 0.0421. The van der Waals surface area contributed by atoms with E-state index in [4.69, 9.17) is 9.15 Å². The average Bonchev–Trinajstić information content (AvgIpc) is 3.17. The highest BCUT2D eigenvalue weighted by Crippen LogP contribution is 2.43. The van der Waals surface area contributed by atoms with Crippen molar-refractivity contribution in [1.82, 2.24) is 14.7 Å². The first-order valence-electron chi connectivity index (χ1n) is 15.5. The second-order valence-corrected chi connectivity index (χ2v) is 12.5. The van der Waals surface area contributed by atoms with Gasteiger partial charge in [-0.25, -0.2) is 9.59 Å². The Kier molecular flexibility index (Phi) is 8.69. The molecule has 1 aliphatic carbocycles. The van der Waals surface area contributed by atoms with Crippen LogP contribution in [0.3, 0.4) is 0 Å². The minimum Gasteiger partial charge on any atom is -0.440 e. The summed E-state index contributed by atoms with van der Waals surface area (Å²) in [6.45, 7) is 9.87. The predicted octanol–water partition coefficient (Wildman–Crippen LogP) is 5.29. The van der Waals surface area contributed by atoms with E-state index in [1.165, 1.54) is 38.2 Å². The van der Waals surface area contributed by atoms with Crippen LogP contribution in [0.25, 0.3) is 0 Å². The van der Waals surface area contributed by atoms with Gasteiger partial charge in [0.2, 0.25) is 0 Å². The van der Waals surface area contributed by atoms with E-state index in [9.17, 15) is 14.4 Å². The second kappa shape index (κ2) is 12.0. The summed E-state index contributed by atoms with van der Waals surface area (Å²) in [5, 5.41) is 0. The fourth-order valence-corrected chi connectivity index (χ4v) is 7.75. The van der Waals surface area contributed by atoms with E-state index in [1.54, 1.807) is 13.8 Å². The fourth-order valence-electron chi connectivity index (χ4n) is 7.75. The van der Waals surface area contributed by atoms with Gasteiger partial charge in [0.1, 0.15) is 11.4 Å². The van der Waals surface area contributed by atoms with Gasteiger partial charge in [0.05, 0.1) is 11.6 Å². The third kappa shape index (κ3) is 5.91. The normalized spacial score (nSPS) is 24.9. The molecule has 1 atom stereocenters. The van der Waals surface area contributed by atoms with E-state index in [2.05, 4.69) is 16.7 Å². The molecule has 0 bridgehead atoms. The molecule has 39 heavy (non-hydrogen) atoms. The molecule has 1 saturated carbocycles. The lowest BCUT2D eigenvalue weighted by Crippen LogP contribution is -2.56. The Hall–Kier alpha value is -2.35. The van der Waals surface area contributed by atoms with Crippen molar-refractivity contribution in [3.8, 4) is 0 Å². The van der Waals surface area contributed by atoms with Crippen LogP contribution in [0.15, 0.2) is 15.3 Å². The molecular weight excluding hydrogens is 494 g/mol. The van der Waals surface area contributed by atoms with E-state index in [1.807, 2.05) is 4.90 Å². The number of likely N-dealkylation sites (tertiary alicyclic amines) is 2. The van der Waals surface area contributed by atoms with Crippen molar-refractivity contribution in [2.45, 2.75) is 116 Å². The largest absolute Gasteiger partial charge is 0.440 e. The minimum atomic E-state index is -0.412. The topological polar surface area (TPSA) is 83.3 Å². The van der Waals surface area contributed by atoms with E-state index >= 15 is 0 Å². The number of carbonyl (C=O) groups excluding carboxylic acids is 2. The van der Waals surface area contributed by atoms with Gasteiger partial charge in [-0.1, -0.05) is 39.0 Å². The van der Waals surface area contributed by atoms with Gasteiger partial charge in [-0.3, -0.25) is 9.69 Å². The molecule has 2 amide bonds. The smallest absolute Gasteiger partial charge is 0.410 e. The van der Waals surface area contributed by atoms with Crippen LogP contribution in [-0.4, -0.2) is 77.1 Å². The zero-order valence-electron chi connectivity index (χ0n) is 24.2. The van der Waals surface area contributed by atoms with Crippen LogP contribution in [-0.2, 0) is 4.74 Å². The van der Waals surface area contributed by atoms with Crippen molar-refractivity contribution in [1.29, 1.82) is 0 Å². The highest BCUT2D eigenvalue weighted by molar-refractivity contribution is 5.96. The van der Waals surface area contributed by atoms with Crippen molar-refractivity contribution >= 4 is 12.0 Å². The van der Waals surface area contributed by atoms with Crippen LogP contribution >= 0.6 is 0 Å². The van der Waals surface area contributed by atoms with E-state index in [0.29, 0.717) is 41.9 Å². The van der Waals surface area contributed by atoms with E-state index in [-0.39, 0.29) is 23.6 Å². The molecule has 0 N–H and O–H groups in total. The van der Waals surface area contributed by atoms with Gasteiger partial charge in [0.15, 0.2) is 0 Å². The van der Waals surface area contributed by atoms with Crippen LogP contribution in [0, 0.1) is 19.8 Å². The monoisotopic (exact) mass is 541 g/mol. The fraction of sp³-hybridized carbons (Fsp3) is 0.774. The van der Waals surface area contributed by atoms with E-state index < -0.39 is 5.63 Å². The summed E-state index contributed by atoms with van der Waals surface area (Å²) in [6, 6.07) is 2.04. The van der Waals surface area contributed by atoms with Gasteiger partial charge < -0.3 is 19.0 Å². The Bertz CT molecular complexity index is 1050. The summed E-state index contributed by atoms with van der Waals surface area (Å²) in [5.74, 6) is 0.979. The first-order chi connectivity index (χ1) is 18.8. The Morgan fingerprint density at radius 1 is 1.00 bits per heavy atom. The number of aryl methyl sites for hydroxylation is 2. The summed E-state index contributed by atoms with van der Waals surface area (Å²) in [6.07, 6.45) is 13.3. The SMILES string of the molecule is CCCCC1N(CC2CCCCC2)C(=O)OC12CCN(C1CCN(C(=O)c3c(C)cc(=O)oc3C)CC1)CC2. The van der Waals surface area contributed by atoms with Crippen molar-refractivity contribution in [3.63, 3.8) is 0 Å². The summed E-state index contributed by atoms with van der Waals surface area (Å²) >= 11 is 0. The lowest BCUT2D eigenvalue weighted by Gasteiger charge is -2.46. The van der Waals surface area contributed by atoms with Crippen LogP contribution in [0.5, 0.6) is 0 Å². The summed E-state index contributed by atoms with van der Waals surface area (Å²) in [4.78, 5) is 44.7. The van der Waals surface area contributed by atoms with Crippen LogP contribution < -0.4 is 5.63 Å². The molecule has 3 aliphatic heterocycles. The maximum Gasteiger partial charge on any atom is 0.410 e. The molecule has 1 aromatic heterocycles. The van der Waals surface area contributed by atoms with Crippen LogP contribution in [0.2, 0.25) is 0 Å². The second-order valence-electron chi connectivity index (χ2n) is 12.5. The number of nitrogens with zero attached hydrogens (tertiary/aromatic N) is 3. The van der Waals surface area contributed by atoms with E-state index in [0.717, 1.165) is 64.6 Å². The maximum absolute atomic E-state index is 13.2. The lowest BCUT2D eigenvalue weighted by atomic mass is 9.80. The Morgan fingerprint density at radius 3 is 2.33 bits per heavy atom. The first kappa shape index (κ1) is 28.2. The summed E-state index contributed by atoms with van der Waals surface area (Å²) in [5.41, 5.74) is 0.441. The molecule has 1 aromatic rings. The molecular formula is C31H47N3O5. The van der Waals surface area contributed by atoms with Gasteiger partial charge >= 0.3 is 11.7 Å². The van der Waals surface area contributed by atoms with Crippen LogP contribution in [0.1, 0.15) is 106 Å². The maximum atomic E-state index is 13.2. The number of ether oxygens (including phenoxy) is 1. The molecule has 8 nitrogen and oxygen atoms in total. The molecule has 216 valence electrons. The quantitative estimate of drug-likeness (QED) is 0.467. The van der Waals surface area contributed by atoms with Gasteiger partial charge in [-0.2, -0.15) is 0 Å². The summed E-state index contributed by atoms with van der Waals surface area (Å²) < 4.78 is 11.5. The Balaban J connectivity index is 1.18. The Morgan fingerprint density at radius 2 is 1.69 bits per heavy atom. The molecule has 1 spiro atoms. The number of unbranched alkanes of at least 4 members (excludes halogenated alkanes) is 1. The highest BCUT2D eigenvalue weighted by Gasteiger charge is 2.55. The van der Waals surface area contributed by atoms with Crippen molar-refractivity contribution in [3.05, 3.63) is 33.4 Å². The lowest BCUT2D eigenvalue weighted by molar-refractivity contribution is -0.0385. The molecule has 4 fully saturated rings. The third-order valence-corrected chi connectivity index (χ3v) is 9.98. The molecule has 1 unspecified atom stereocenters. The molecule has 0 aromatic carbocycles. The molecule has 5 rings (SSSR count). The highest BCUT2D eigenvalue weighted by atomic mass is 16.6. The van der Waals surface area contributed by atoms with Crippen molar-refractivity contribution < 1.29 is 18.7 Å². The van der Waals surface area contributed by atoms with Gasteiger partial charge in [-0.05, 0) is 57.4 Å². The molecule has 4 aliphatic rings. The standard InChI is InChI=1S/C31H47N3O5/c1-4-5-11-26-31(39-30(37)34(26)21-24-9-7-6-8-10-24)14-18-32(19-15-31)25-12-16-33(17-13-25)29(36)28-22(2)20-27(35)38-23(28)3/h20,24-26H,4-19,21H2,1-3H3. The summed E-state index contributed by atoms with van der Waals surface area (Å²) in [7, 11) is 0. The third-order valence-electron chi connectivity index (χ3n) is 9.98. The van der Waals surface area contributed by atoms with Gasteiger partial charge in [-0.15, -0.1) is 0 Å². The zero-order chi connectivity index (χ0) is 27.6. The van der Waals surface area contributed by atoms with Crippen molar-refractivity contribution in [2.75, 3.05) is 32.7 Å². The first-order valence-corrected chi connectivity index (χ1v) is 15.5. The number of rotatable bonds is 7. The van der Waals surface area contributed by atoms with Gasteiger partial charge in [0.25, 0.3) is 5.91 Å². The number of hydrogen-bond acceptors (Lipinski definition) is 6.